The predicted octanol–water partition coefficient (Wildman–Crippen LogP) is 0.611. The van der Waals surface area contributed by atoms with Crippen LogP contribution >= 0.6 is 13.5 Å². The second-order valence-corrected chi connectivity index (χ2v) is 6.64. The smallest absolute Gasteiger partial charge is 0.242 e. The third kappa shape index (κ3) is 6.12. The van der Waals surface area contributed by atoms with Gasteiger partial charge in [-0.15, -0.1) is 0 Å². The summed E-state index contributed by atoms with van der Waals surface area (Å²) in [5, 5.41) is 4.92. The third-order valence-electron chi connectivity index (χ3n) is 4.65. The van der Waals surface area contributed by atoms with Crippen LogP contribution in [0, 0.1) is 11.8 Å². The Balaban J connectivity index is -0.00000208. The molecular formula is C17H33N3O5S. The fourth-order valence-electron chi connectivity index (χ4n) is 2.54. The number of rotatable bonds is 8. The summed E-state index contributed by atoms with van der Waals surface area (Å²) in [4.78, 5) is 60.4. The van der Waals surface area contributed by atoms with E-state index in [1.807, 2.05) is 13.8 Å². The molecule has 8 nitrogen and oxygen atoms in total. The molecule has 0 aromatic carbocycles. The number of hydrogen-bond donors (Lipinski definition) is 2. The second-order valence-electron chi connectivity index (χ2n) is 6.64. The standard InChI is InChI=1S/C17H27N3O5.H2S.2H2/c1-6-9(2)13-7-15(23)20(17(13)25)8-14(22)18-11(4)16(24)19-10(3)12(5)21;;;/h9-11,13H,6-8H2,1-5H3,(H,18,22)(H,19,24);1H2;2*1H/t9?,10-,11-,13?;;;/m0.../s1. The number of imide groups is 1. The van der Waals surface area contributed by atoms with Gasteiger partial charge in [0, 0.05) is 15.2 Å². The number of nitrogens with zero attached hydrogens (tertiary/aromatic N) is 1. The van der Waals surface area contributed by atoms with Gasteiger partial charge in [-0.3, -0.25) is 28.9 Å². The topological polar surface area (TPSA) is 113 Å². The average molecular weight is 392 g/mol. The minimum atomic E-state index is -0.882. The van der Waals surface area contributed by atoms with Crippen LogP contribution in [0.3, 0.4) is 0 Å². The molecule has 0 aromatic heterocycles. The maximum Gasteiger partial charge on any atom is 0.242 e. The summed E-state index contributed by atoms with van der Waals surface area (Å²) in [6, 6.07) is -1.53. The molecule has 2 N–H and O–H groups in total. The van der Waals surface area contributed by atoms with Crippen molar-refractivity contribution in [1.82, 2.24) is 15.5 Å². The number of likely N-dealkylation sites (tertiary alicyclic amines) is 1. The molecule has 4 atom stereocenters. The molecule has 9 heteroatoms. The van der Waals surface area contributed by atoms with E-state index in [-0.39, 0.29) is 52.2 Å². The molecule has 0 aliphatic carbocycles. The minimum Gasteiger partial charge on any atom is -0.345 e. The molecule has 0 saturated carbocycles. The Hall–Kier alpha value is -1.90. The highest BCUT2D eigenvalue weighted by molar-refractivity contribution is 7.59. The fraction of sp³-hybridized carbons (Fsp3) is 0.706. The zero-order chi connectivity index (χ0) is 19.3. The van der Waals surface area contributed by atoms with Crippen molar-refractivity contribution in [2.24, 2.45) is 11.8 Å². The van der Waals surface area contributed by atoms with Crippen LogP contribution < -0.4 is 10.6 Å². The molecule has 0 bridgehead atoms. The first-order valence-electron chi connectivity index (χ1n) is 8.52. The van der Waals surface area contributed by atoms with Gasteiger partial charge >= 0.3 is 0 Å². The Kier molecular flexibility index (Phi) is 9.55. The average Bonchev–Trinajstić information content (AvgIpc) is 2.81. The highest BCUT2D eigenvalue weighted by Crippen LogP contribution is 2.28. The summed E-state index contributed by atoms with van der Waals surface area (Å²) in [5.41, 5.74) is 0. The molecule has 2 unspecified atom stereocenters. The second kappa shape index (κ2) is 10.3. The van der Waals surface area contributed by atoms with Crippen LogP contribution in [0.1, 0.15) is 50.3 Å². The van der Waals surface area contributed by atoms with E-state index < -0.39 is 30.4 Å². The van der Waals surface area contributed by atoms with Crippen LogP contribution in [0.25, 0.3) is 0 Å². The molecule has 0 spiro atoms. The summed E-state index contributed by atoms with van der Waals surface area (Å²) >= 11 is 0. The van der Waals surface area contributed by atoms with Crippen molar-refractivity contribution in [2.45, 2.75) is 59.5 Å². The molecule has 0 radical (unpaired) electrons. The first kappa shape index (κ1) is 24.1. The van der Waals surface area contributed by atoms with Gasteiger partial charge in [0.2, 0.25) is 23.6 Å². The molecule has 26 heavy (non-hydrogen) atoms. The van der Waals surface area contributed by atoms with E-state index in [2.05, 4.69) is 10.6 Å². The van der Waals surface area contributed by atoms with Crippen LogP contribution in [-0.2, 0) is 24.0 Å². The van der Waals surface area contributed by atoms with E-state index in [9.17, 15) is 24.0 Å². The van der Waals surface area contributed by atoms with Gasteiger partial charge in [0.05, 0.1) is 6.04 Å². The maximum atomic E-state index is 12.3. The fourth-order valence-corrected chi connectivity index (χ4v) is 2.54. The molecule has 1 aliphatic heterocycles. The normalized spacial score (nSPS) is 20.0. The zero-order valence-corrected chi connectivity index (χ0v) is 16.9. The quantitative estimate of drug-likeness (QED) is 0.589. The van der Waals surface area contributed by atoms with Crippen LogP contribution in [0.15, 0.2) is 0 Å². The van der Waals surface area contributed by atoms with Crippen LogP contribution in [-0.4, -0.2) is 52.9 Å². The Morgan fingerprint density at radius 1 is 1.15 bits per heavy atom. The molecule has 4 amide bonds. The lowest BCUT2D eigenvalue weighted by molar-refractivity contribution is -0.143. The number of nitrogens with one attached hydrogen (secondary N) is 2. The van der Waals surface area contributed by atoms with Crippen molar-refractivity contribution in [3.8, 4) is 0 Å². The molecule has 1 saturated heterocycles. The van der Waals surface area contributed by atoms with Gasteiger partial charge in [-0.05, 0) is 26.7 Å². The largest absolute Gasteiger partial charge is 0.345 e. The van der Waals surface area contributed by atoms with Crippen molar-refractivity contribution in [1.29, 1.82) is 0 Å². The summed E-state index contributed by atoms with van der Waals surface area (Å²) in [7, 11) is 0. The molecule has 1 fully saturated rings. The van der Waals surface area contributed by atoms with Gasteiger partial charge in [0.15, 0.2) is 5.78 Å². The Labute approximate surface area is 163 Å². The SMILES string of the molecule is CCC(C)C1CC(=O)N(CC(=O)N[C@@H](C)C(=O)N[C@@H](C)C(C)=O)C1=O.S.[HH].[HH]. The lowest BCUT2D eigenvalue weighted by atomic mass is 9.90. The molecular weight excluding hydrogens is 358 g/mol. The van der Waals surface area contributed by atoms with Crippen molar-refractivity contribution in [2.75, 3.05) is 6.54 Å². The minimum absolute atomic E-state index is 0. The Morgan fingerprint density at radius 3 is 2.23 bits per heavy atom. The molecule has 1 rings (SSSR count). The molecule has 1 aliphatic rings. The summed E-state index contributed by atoms with van der Waals surface area (Å²) in [6.45, 7) is 7.82. The zero-order valence-electron chi connectivity index (χ0n) is 15.9. The van der Waals surface area contributed by atoms with Crippen LogP contribution in [0.5, 0.6) is 0 Å². The summed E-state index contributed by atoms with van der Waals surface area (Å²) < 4.78 is 0. The first-order chi connectivity index (χ1) is 11.6. The highest BCUT2D eigenvalue weighted by atomic mass is 32.1. The van der Waals surface area contributed by atoms with Gasteiger partial charge in [-0.25, -0.2) is 0 Å². The van der Waals surface area contributed by atoms with E-state index in [0.717, 1.165) is 11.3 Å². The lowest BCUT2D eigenvalue weighted by Gasteiger charge is -2.20. The monoisotopic (exact) mass is 391 g/mol. The third-order valence-corrected chi connectivity index (χ3v) is 4.65. The molecule has 152 valence electrons. The van der Waals surface area contributed by atoms with E-state index in [0.29, 0.717) is 0 Å². The number of carbonyl (C=O) groups is 5. The van der Waals surface area contributed by atoms with Crippen molar-refractivity contribution in [3.05, 3.63) is 0 Å². The predicted molar refractivity (Wildman–Crippen MR) is 105 cm³/mol. The summed E-state index contributed by atoms with van der Waals surface area (Å²) in [5.74, 6) is -2.32. The van der Waals surface area contributed by atoms with Gasteiger partial charge in [-0.1, -0.05) is 20.3 Å². The number of Topliss-reactive ketones (excluding diaryl/α,β-unsaturated/α-hetero) is 1. The molecule has 0 aromatic rings. The highest BCUT2D eigenvalue weighted by Gasteiger charge is 2.41. The Morgan fingerprint density at radius 2 is 1.73 bits per heavy atom. The van der Waals surface area contributed by atoms with E-state index in [1.54, 1.807) is 6.92 Å². The first-order valence-corrected chi connectivity index (χ1v) is 8.52. The lowest BCUT2D eigenvalue weighted by Crippen LogP contribution is -2.51. The van der Waals surface area contributed by atoms with Crippen molar-refractivity contribution >= 4 is 42.9 Å². The van der Waals surface area contributed by atoms with Crippen molar-refractivity contribution < 1.29 is 26.8 Å². The van der Waals surface area contributed by atoms with Crippen LogP contribution in [0.2, 0.25) is 0 Å². The van der Waals surface area contributed by atoms with E-state index in [4.69, 9.17) is 0 Å². The number of ketones is 1. The van der Waals surface area contributed by atoms with Gasteiger partial charge in [0.25, 0.3) is 0 Å². The van der Waals surface area contributed by atoms with Gasteiger partial charge in [-0.2, -0.15) is 13.5 Å². The number of carbonyl (C=O) groups excluding carboxylic acids is 5. The number of amides is 4. The van der Waals surface area contributed by atoms with E-state index >= 15 is 0 Å². The molecule has 1 heterocycles. The summed E-state index contributed by atoms with van der Waals surface area (Å²) in [6.07, 6.45) is 0.891. The maximum absolute atomic E-state index is 12.3. The van der Waals surface area contributed by atoms with Crippen molar-refractivity contribution in [3.63, 3.8) is 0 Å². The van der Waals surface area contributed by atoms with Gasteiger partial charge in [0.1, 0.15) is 12.6 Å². The Bertz CT molecular complexity index is 591. The number of hydrogen-bond acceptors (Lipinski definition) is 5. The van der Waals surface area contributed by atoms with Crippen LogP contribution in [0.4, 0.5) is 0 Å². The van der Waals surface area contributed by atoms with Gasteiger partial charge < -0.3 is 10.6 Å². The van der Waals surface area contributed by atoms with E-state index in [1.165, 1.54) is 13.8 Å².